The Bertz CT molecular complexity index is 402. The van der Waals surface area contributed by atoms with E-state index in [0.717, 1.165) is 5.75 Å². The van der Waals surface area contributed by atoms with Crippen molar-refractivity contribution in [1.82, 2.24) is 0 Å². The Labute approximate surface area is 111 Å². The highest BCUT2D eigenvalue weighted by Gasteiger charge is 2.19. The monoisotopic (exact) mass is 250 g/mol. The van der Waals surface area contributed by atoms with Gasteiger partial charge in [-0.15, -0.1) is 0 Å². The van der Waals surface area contributed by atoms with Crippen LogP contribution < -0.4 is 16.2 Å². The summed E-state index contributed by atoms with van der Waals surface area (Å²) in [6.07, 6.45) is 0. The maximum absolute atomic E-state index is 6.29. The molecule has 0 amide bonds. The molecule has 0 saturated heterocycles. The third kappa shape index (κ3) is 3.03. The van der Waals surface area contributed by atoms with Gasteiger partial charge in [-0.1, -0.05) is 26.8 Å². The van der Waals surface area contributed by atoms with Gasteiger partial charge in [-0.05, 0) is 48.1 Å². The zero-order valence-electron chi connectivity index (χ0n) is 12.2. The van der Waals surface area contributed by atoms with Gasteiger partial charge >= 0.3 is 0 Å². The molecule has 102 valence electrons. The summed E-state index contributed by atoms with van der Waals surface area (Å²) in [7, 11) is 1.71. The fourth-order valence-electron chi connectivity index (χ4n) is 2.16. The van der Waals surface area contributed by atoms with E-state index in [1.165, 1.54) is 16.7 Å². The van der Waals surface area contributed by atoms with E-state index in [-0.39, 0.29) is 12.0 Å². The van der Waals surface area contributed by atoms with Crippen molar-refractivity contribution in [2.75, 3.05) is 13.7 Å². The van der Waals surface area contributed by atoms with Crippen molar-refractivity contribution in [3.63, 3.8) is 0 Å². The van der Waals surface area contributed by atoms with Crippen LogP contribution >= 0.6 is 0 Å². The zero-order valence-corrected chi connectivity index (χ0v) is 12.2. The number of ether oxygens (including phenoxy) is 1. The topological polar surface area (TPSA) is 61.3 Å². The minimum absolute atomic E-state index is 0.0154. The standard InChI is InChI=1S/C15H26N2O/c1-9(2)12-7-13(15(17)11(4)8-16)10(3)6-14(12)18-5/h6-7,9,11,15H,8,16-17H2,1-5H3. The summed E-state index contributed by atoms with van der Waals surface area (Å²) in [5.41, 5.74) is 15.6. The van der Waals surface area contributed by atoms with Crippen LogP contribution in [-0.4, -0.2) is 13.7 Å². The van der Waals surface area contributed by atoms with Gasteiger partial charge < -0.3 is 16.2 Å². The largest absolute Gasteiger partial charge is 0.496 e. The van der Waals surface area contributed by atoms with Gasteiger partial charge in [0, 0.05) is 6.04 Å². The smallest absolute Gasteiger partial charge is 0.122 e. The van der Waals surface area contributed by atoms with Crippen LogP contribution in [0.3, 0.4) is 0 Å². The lowest BCUT2D eigenvalue weighted by atomic mass is 9.88. The maximum atomic E-state index is 6.29. The summed E-state index contributed by atoms with van der Waals surface area (Å²) in [6, 6.07) is 4.24. The lowest BCUT2D eigenvalue weighted by molar-refractivity contribution is 0.406. The van der Waals surface area contributed by atoms with Gasteiger partial charge in [0.05, 0.1) is 7.11 Å². The first-order chi connectivity index (χ1) is 8.42. The van der Waals surface area contributed by atoms with Gasteiger partial charge in [0.25, 0.3) is 0 Å². The van der Waals surface area contributed by atoms with Crippen molar-refractivity contribution in [1.29, 1.82) is 0 Å². The van der Waals surface area contributed by atoms with Crippen molar-refractivity contribution in [3.8, 4) is 5.75 Å². The molecule has 1 aromatic carbocycles. The Balaban J connectivity index is 3.25. The van der Waals surface area contributed by atoms with E-state index < -0.39 is 0 Å². The molecule has 1 aromatic rings. The van der Waals surface area contributed by atoms with E-state index in [0.29, 0.717) is 12.5 Å². The molecule has 0 heterocycles. The van der Waals surface area contributed by atoms with E-state index in [2.05, 4.69) is 39.8 Å². The lowest BCUT2D eigenvalue weighted by Gasteiger charge is -2.23. The van der Waals surface area contributed by atoms with Gasteiger partial charge in [-0.3, -0.25) is 0 Å². The predicted molar refractivity (Wildman–Crippen MR) is 77.0 cm³/mol. The molecule has 0 spiro atoms. The van der Waals surface area contributed by atoms with E-state index in [1.54, 1.807) is 7.11 Å². The molecule has 0 aromatic heterocycles. The molecule has 0 fully saturated rings. The Morgan fingerprint density at radius 1 is 1.17 bits per heavy atom. The third-order valence-corrected chi connectivity index (χ3v) is 3.58. The molecule has 2 atom stereocenters. The quantitative estimate of drug-likeness (QED) is 0.844. The molecule has 1 rings (SSSR count). The second kappa shape index (κ2) is 6.21. The van der Waals surface area contributed by atoms with Crippen LogP contribution in [0.25, 0.3) is 0 Å². The van der Waals surface area contributed by atoms with Crippen molar-refractivity contribution in [2.45, 2.75) is 39.7 Å². The van der Waals surface area contributed by atoms with E-state index >= 15 is 0 Å². The molecule has 0 aliphatic rings. The zero-order chi connectivity index (χ0) is 13.9. The second-order valence-electron chi connectivity index (χ2n) is 5.34. The molecule has 0 aliphatic carbocycles. The fraction of sp³-hybridized carbons (Fsp3) is 0.600. The minimum atomic E-state index is -0.0154. The number of benzene rings is 1. The summed E-state index contributed by atoms with van der Waals surface area (Å²) in [5, 5.41) is 0. The summed E-state index contributed by atoms with van der Waals surface area (Å²) < 4.78 is 5.44. The highest BCUT2D eigenvalue weighted by molar-refractivity contribution is 5.45. The summed E-state index contributed by atoms with van der Waals surface area (Å²) in [6.45, 7) is 9.09. The number of rotatable bonds is 5. The second-order valence-corrected chi connectivity index (χ2v) is 5.34. The van der Waals surface area contributed by atoms with E-state index in [9.17, 15) is 0 Å². The van der Waals surface area contributed by atoms with Crippen LogP contribution in [0.2, 0.25) is 0 Å². The molecule has 4 N–H and O–H groups in total. The number of hydrogen-bond donors (Lipinski definition) is 2. The number of hydrogen-bond acceptors (Lipinski definition) is 3. The van der Waals surface area contributed by atoms with Gasteiger partial charge in [-0.2, -0.15) is 0 Å². The maximum Gasteiger partial charge on any atom is 0.122 e. The first-order valence-corrected chi connectivity index (χ1v) is 6.56. The highest BCUT2D eigenvalue weighted by Crippen LogP contribution is 2.33. The normalized spacial score (nSPS) is 14.7. The molecule has 3 nitrogen and oxygen atoms in total. The van der Waals surface area contributed by atoms with E-state index in [1.807, 2.05) is 0 Å². The Kier molecular flexibility index (Phi) is 5.17. The first-order valence-electron chi connectivity index (χ1n) is 6.56. The van der Waals surface area contributed by atoms with Crippen molar-refractivity contribution in [3.05, 3.63) is 28.8 Å². The van der Waals surface area contributed by atoms with Crippen LogP contribution in [0, 0.1) is 12.8 Å². The van der Waals surface area contributed by atoms with Gasteiger partial charge in [-0.25, -0.2) is 0 Å². The van der Waals surface area contributed by atoms with Gasteiger partial charge in [0.1, 0.15) is 5.75 Å². The number of methoxy groups -OCH3 is 1. The SMILES string of the molecule is COc1cc(C)c(C(N)C(C)CN)cc1C(C)C. The average Bonchev–Trinajstić information content (AvgIpc) is 2.36. The van der Waals surface area contributed by atoms with Crippen LogP contribution in [0.1, 0.15) is 49.4 Å². The van der Waals surface area contributed by atoms with Crippen LogP contribution in [-0.2, 0) is 0 Å². The number of nitrogens with two attached hydrogens (primary N) is 2. The first kappa shape index (κ1) is 15.0. The molecule has 18 heavy (non-hydrogen) atoms. The fourth-order valence-corrected chi connectivity index (χ4v) is 2.16. The molecule has 3 heteroatoms. The molecule has 0 radical (unpaired) electrons. The Hall–Kier alpha value is -1.06. The van der Waals surface area contributed by atoms with E-state index in [4.69, 9.17) is 16.2 Å². The Morgan fingerprint density at radius 3 is 2.22 bits per heavy atom. The van der Waals surface area contributed by atoms with Crippen LogP contribution in [0.4, 0.5) is 0 Å². The average molecular weight is 250 g/mol. The molecule has 2 unspecified atom stereocenters. The molecule has 0 aliphatic heterocycles. The number of aryl methyl sites for hydroxylation is 1. The summed E-state index contributed by atoms with van der Waals surface area (Å²) in [4.78, 5) is 0. The van der Waals surface area contributed by atoms with Crippen LogP contribution in [0.5, 0.6) is 5.75 Å². The minimum Gasteiger partial charge on any atom is -0.496 e. The van der Waals surface area contributed by atoms with Crippen molar-refractivity contribution < 1.29 is 4.74 Å². The molecule has 0 bridgehead atoms. The van der Waals surface area contributed by atoms with Crippen molar-refractivity contribution in [2.24, 2.45) is 17.4 Å². The summed E-state index contributed by atoms with van der Waals surface area (Å²) in [5.74, 6) is 1.63. The summed E-state index contributed by atoms with van der Waals surface area (Å²) >= 11 is 0. The van der Waals surface area contributed by atoms with Gasteiger partial charge in [0.15, 0.2) is 0 Å². The predicted octanol–water partition coefficient (Wildman–Crippen LogP) is 2.72. The molecule has 0 saturated carbocycles. The lowest BCUT2D eigenvalue weighted by Crippen LogP contribution is -2.26. The Morgan fingerprint density at radius 2 is 1.78 bits per heavy atom. The van der Waals surface area contributed by atoms with Crippen LogP contribution in [0.15, 0.2) is 12.1 Å². The highest BCUT2D eigenvalue weighted by atomic mass is 16.5. The molecular formula is C15H26N2O. The third-order valence-electron chi connectivity index (χ3n) is 3.58. The van der Waals surface area contributed by atoms with Crippen molar-refractivity contribution >= 4 is 0 Å². The molecular weight excluding hydrogens is 224 g/mol. The van der Waals surface area contributed by atoms with Gasteiger partial charge in [0.2, 0.25) is 0 Å².